The van der Waals surface area contributed by atoms with Crippen LogP contribution in [0.4, 0.5) is 25.8 Å². The number of anilines is 3. The van der Waals surface area contributed by atoms with E-state index in [4.69, 9.17) is 16.3 Å². The van der Waals surface area contributed by atoms with Crippen LogP contribution in [0.25, 0.3) is 0 Å². The van der Waals surface area contributed by atoms with Gasteiger partial charge in [-0.25, -0.2) is 8.78 Å². The SMILES string of the molecule is CC(C)(C)C(=O)NCc1ccc(Cl)c(NC2Nc3cc(OCC(F)F)c(C(=O)NCC4CCC4)cc3N2)c1. The lowest BCUT2D eigenvalue weighted by Crippen LogP contribution is -2.34. The maximum absolute atomic E-state index is 12.9. The Morgan fingerprint density at radius 3 is 2.45 bits per heavy atom. The summed E-state index contributed by atoms with van der Waals surface area (Å²) in [6, 6.07) is 8.56. The van der Waals surface area contributed by atoms with Crippen LogP contribution in [0.1, 0.15) is 56.0 Å². The molecule has 1 atom stereocenters. The summed E-state index contributed by atoms with van der Waals surface area (Å²) in [5, 5.41) is 16.0. The van der Waals surface area contributed by atoms with Gasteiger partial charge in [-0.2, -0.15) is 0 Å². The van der Waals surface area contributed by atoms with Gasteiger partial charge in [-0.1, -0.05) is 44.9 Å². The first-order valence-corrected chi connectivity index (χ1v) is 13.1. The molecule has 206 valence electrons. The van der Waals surface area contributed by atoms with Gasteiger partial charge in [-0.15, -0.1) is 0 Å². The number of rotatable bonds is 10. The lowest BCUT2D eigenvalue weighted by molar-refractivity contribution is -0.128. The van der Waals surface area contributed by atoms with Crippen molar-refractivity contribution >= 4 is 40.5 Å². The van der Waals surface area contributed by atoms with Crippen molar-refractivity contribution in [3.8, 4) is 5.75 Å². The predicted octanol–water partition coefficient (Wildman–Crippen LogP) is 5.41. The molecule has 0 aromatic heterocycles. The number of nitrogens with one attached hydrogen (secondary N) is 5. The molecule has 0 spiro atoms. The van der Waals surface area contributed by atoms with E-state index in [2.05, 4.69) is 26.6 Å². The van der Waals surface area contributed by atoms with Gasteiger partial charge >= 0.3 is 0 Å². The molecule has 0 saturated heterocycles. The molecule has 4 rings (SSSR count). The Balaban J connectivity index is 1.46. The molecular formula is C27H34ClF2N5O3. The van der Waals surface area contributed by atoms with Crippen molar-refractivity contribution in [3.05, 3.63) is 46.5 Å². The van der Waals surface area contributed by atoms with Gasteiger partial charge in [0.05, 0.1) is 27.6 Å². The zero-order chi connectivity index (χ0) is 27.4. The molecule has 1 heterocycles. The fraction of sp³-hybridized carbons (Fsp3) is 0.481. The van der Waals surface area contributed by atoms with E-state index in [0.29, 0.717) is 41.1 Å². The van der Waals surface area contributed by atoms with E-state index >= 15 is 0 Å². The molecule has 8 nitrogen and oxygen atoms in total. The molecule has 1 aliphatic heterocycles. The molecule has 0 radical (unpaired) electrons. The topological polar surface area (TPSA) is 104 Å². The zero-order valence-electron chi connectivity index (χ0n) is 21.7. The second-order valence-corrected chi connectivity index (χ2v) is 11.1. The lowest BCUT2D eigenvalue weighted by atomic mass is 9.85. The zero-order valence-corrected chi connectivity index (χ0v) is 22.5. The maximum Gasteiger partial charge on any atom is 0.272 e. The number of fused-ring (bicyclic) bond motifs is 1. The van der Waals surface area contributed by atoms with E-state index in [1.807, 2.05) is 32.9 Å². The smallest absolute Gasteiger partial charge is 0.272 e. The van der Waals surface area contributed by atoms with Crippen LogP contribution in [0.15, 0.2) is 30.3 Å². The third kappa shape index (κ3) is 6.98. The predicted molar refractivity (Wildman–Crippen MR) is 145 cm³/mol. The van der Waals surface area contributed by atoms with Gasteiger partial charge in [0.15, 0.2) is 6.29 Å². The van der Waals surface area contributed by atoms with Gasteiger partial charge in [0.25, 0.3) is 12.3 Å². The van der Waals surface area contributed by atoms with Crippen LogP contribution in [-0.2, 0) is 11.3 Å². The first-order chi connectivity index (χ1) is 18.0. The molecule has 0 bridgehead atoms. The van der Waals surface area contributed by atoms with Gasteiger partial charge in [-0.05, 0) is 42.5 Å². The van der Waals surface area contributed by atoms with E-state index < -0.39 is 24.7 Å². The van der Waals surface area contributed by atoms with Crippen molar-refractivity contribution in [2.75, 3.05) is 29.1 Å². The Bertz CT molecular complexity index is 1180. The fourth-order valence-corrected chi connectivity index (χ4v) is 4.28. The average Bonchev–Trinajstić information content (AvgIpc) is 3.21. The Hall–Kier alpha value is -3.27. The molecule has 11 heteroatoms. The Morgan fingerprint density at radius 1 is 1.11 bits per heavy atom. The largest absolute Gasteiger partial charge is 0.487 e. The summed E-state index contributed by atoms with van der Waals surface area (Å²) < 4.78 is 31.0. The standard InChI is InChI=1S/C27H34ClF2N5O3/c1-27(2,3)25(37)32-13-16-7-8-18(28)19(9-16)33-26-34-20-10-17(24(36)31-12-15-5-4-6-15)22(11-21(20)35-26)38-14-23(29)30/h7-11,15,23,26,33-35H,4-6,12-14H2,1-3H3,(H,31,36)(H,32,37). The fourth-order valence-electron chi connectivity index (χ4n) is 4.11. The summed E-state index contributed by atoms with van der Waals surface area (Å²) in [6.45, 7) is 5.62. The molecule has 2 amide bonds. The van der Waals surface area contributed by atoms with Crippen LogP contribution < -0.4 is 31.3 Å². The lowest BCUT2D eigenvalue weighted by Gasteiger charge is -2.25. The highest BCUT2D eigenvalue weighted by atomic mass is 35.5. The van der Waals surface area contributed by atoms with Gasteiger partial charge in [0.2, 0.25) is 5.91 Å². The van der Waals surface area contributed by atoms with Crippen LogP contribution in [0.3, 0.4) is 0 Å². The first-order valence-electron chi connectivity index (χ1n) is 12.7. The second-order valence-electron chi connectivity index (χ2n) is 10.7. The van der Waals surface area contributed by atoms with Crippen LogP contribution >= 0.6 is 11.6 Å². The molecule has 38 heavy (non-hydrogen) atoms. The monoisotopic (exact) mass is 549 g/mol. The minimum atomic E-state index is -2.67. The van der Waals surface area contributed by atoms with Crippen molar-refractivity contribution in [1.29, 1.82) is 0 Å². The Kier molecular flexibility index (Phi) is 8.50. The third-order valence-electron chi connectivity index (χ3n) is 6.57. The van der Waals surface area contributed by atoms with Gasteiger partial charge < -0.3 is 31.3 Å². The molecule has 1 unspecified atom stereocenters. The number of carbonyl (C=O) groups is 2. The third-order valence-corrected chi connectivity index (χ3v) is 6.90. The minimum Gasteiger partial charge on any atom is -0.487 e. The number of benzene rings is 2. The Labute approximate surface area is 226 Å². The van der Waals surface area contributed by atoms with E-state index in [1.165, 1.54) is 0 Å². The number of hydrogen-bond donors (Lipinski definition) is 5. The second kappa shape index (κ2) is 11.6. The summed E-state index contributed by atoms with van der Waals surface area (Å²) in [7, 11) is 0. The summed E-state index contributed by atoms with van der Waals surface area (Å²) in [6.07, 6.45) is 0.135. The number of carbonyl (C=O) groups excluding carboxylic acids is 2. The van der Waals surface area contributed by atoms with Crippen LogP contribution in [-0.4, -0.2) is 37.7 Å². The highest BCUT2D eigenvalue weighted by molar-refractivity contribution is 6.33. The molecule has 5 N–H and O–H groups in total. The van der Waals surface area contributed by atoms with Gasteiger partial charge in [0.1, 0.15) is 12.4 Å². The first kappa shape index (κ1) is 27.8. The summed E-state index contributed by atoms with van der Waals surface area (Å²) in [4.78, 5) is 25.1. The van der Waals surface area contributed by atoms with Crippen molar-refractivity contribution in [1.82, 2.24) is 10.6 Å². The Morgan fingerprint density at radius 2 is 1.82 bits per heavy atom. The van der Waals surface area contributed by atoms with Crippen molar-refractivity contribution in [3.63, 3.8) is 0 Å². The number of halogens is 3. The average molecular weight is 550 g/mol. The molecular weight excluding hydrogens is 516 g/mol. The van der Waals surface area contributed by atoms with E-state index in [1.54, 1.807) is 18.2 Å². The van der Waals surface area contributed by atoms with E-state index in [0.717, 1.165) is 24.8 Å². The molecule has 1 fully saturated rings. The minimum absolute atomic E-state index is 0.0612. The quantitative estimate of drug-likeness (QED) is 0.271. The number of hydrogen-bond acceptors (Lipinski definition) is 6. The molecule has 2 aromatic carbocycles. The molecule has 2 aliphatic rings. The molecule has 1 aliphatic carbocycles. The highest BCUT2D eigenvalue weighted by Crippen LogP contribution is 2.37. The maximum atomic E-state index is 12.9. The van der Waals surface area contributed by atoms with Crippen molar-refractivity contribution in [2.24, 2.45) is 11.3 Å². The number of amides is 2. The van der Waals surface area contributed by atoms with E-state index in [9.17, 15) is 18.4 Å². The van der Waals surface area contributed by atoms with Crippen LogP contribution in [0.5, 0.6) is 5.75 Å². The molecule has 1 saturated carbocycles. The van der Waals surface area contributed by atoms with Crippen molar-refractivity contribution in [2.45, 2.75) is 59.3 Å². The summed E-state index contributed by atoms with van der Waals surface area (Å²) in [5.41, 5.74) is 2.38. The highest BCUT2D eigenvalue weighted by Gasteiger charge is 2.26. The van der Waals surface area contributed by atoms with E-state index in [-0.39, 0.29) is 23.1 Å². The van der Waals surface area contributed by atoms with Crippen LogP contribution in [0.2, 0.25) is 5.02 Å². The number of alkyl halides is 2. The van der Waals surface area contributed by atoms with Gasteiger partial charge in [-0.3, -0.25) is 9.59 Å². The van der Waals surface area contributed by atoms with Crippen LogP contribution in [0, 0.1) is 11.3 Å². The summed E-state index contributed by atoms with van der Waals surface area (Å²) in [5.74, 6) is 0.110. The number of ether oxygens (including phenoxy) is 1. The molecule has 2 aromatic rings. The van der Waals surface area contributed by atoms with Crippen molar-refractivity contribution < 1.29 is 23.1 Å². The summed E-state index contributed by atoms with van der Waals surface area (Å²) >= 11 is 6.41. The normalized spacial score (nSPS) is 16.7. The van der Waals surface area contributed by atoms with Gasteiger partial charge in [0, 0.05) is 24.6 Å².